The van der Waals surface area contributed by atoms with Gasteiger partial charge in [-0.15, -0.1) is 0 Å². The van der Waals surface area contributed by atoms with Crippen molar-refractivity contribution >= 4 is 23.0 Å². The first-order chi connectivity index (χ1) is 10.1. The van der Waals surface area contributed by atoms with Crippen LogP contribution in [-0.4, -0.2) is 43.5 Å². The van der Waals surface area contributed by atoms with Crippen molar-refractivity contribution in [3.63, 3.8) is 0 Å². The topological polar surface area (TPSA) is 61.6 Å². The lowest BCUT2D eigenvalue weighted by molar-refractivity contribution is -0.115. The van der Waals surface area contributed by atoms with Crippen molar-refractivity contribution in [2.45, 2.75) is 32.2 Å². The van der Waals surface area contributed by atoms with E-state index in [-0.39, 0.29) is 5.91 Å². The molecule has 21 heavy (non-hydrogen) atoms. The summed E-state index contributed by atoms with van der Waals surface area (Å²) in [6.45, 7) is 5.63. The molecule has 3 rings (SSSR count). The molecule has 3 N–H and O–H groups in total. The molecule has 5 nitrogen and oxygen atoms in total. The van der Waals surface area contributed by atoms with Crippen molar-refractivity contribution in [3.05, 3.63) is 17.7 Å². The lowest BCUT2D eigenvalue weighted by Gasteiger charge is -2.38. The number of nitrogens with zero attached hydrogens (tertiary/aromatic N) is 2. The van der Waals surface area contributed by atoms with Gasteiger partial charge < -0.3 is 20.9 Å². The lowest BCUT2D eigenvalue weighted by Crippen LogP contribution is -2.43. The molecule has 1 aromatic carbocycles. The fourth-order valence-corrected chi connectivity index (χ4v) is 3.41. The molecule has 0 unspecified atom stereocenters. The zero-order valence-corrected chi connectivity index (χ0v) is 12.9. The van der Waals surface area contributed by atoms with E-state index in [2.05, 4.69) is 29.1 Å². The summed E-state index contributed by atoms with van der Waals surface area (Å²) >= 11 is 0. The van der Waals surface area contributed by atoms with E-state index in [0.29, 0.717) is 12.5 Å². The van der Waals surface area contributed by atoms with E-state index in [1.54, 1.807) is 0 Å². The first-order valence-electron chi connectivity index (χ1n) is 7.76. The molecule has 0 radical (unpaired) electrons. The molecular weight excluding hydrogens is 264 g/mol. The quantitative estimate of drug-likeness (QED) is 0.831. The molecule has 1 aromatic rings. The van der Waals surface area contributed by atoms with Crippen molar-refractivity contribution in [2.24, 2.45) is 0 Å². The Morgan fingerprint density at radius 3 is 2.76 bits per heavy atom. The highest BCUT2D eigenvalue weighted by atomic mass is 16.1. The Morgan fingerprint density at radius 1 is 1.38 bits per heavy atom. The van der Waals surface area contributed by atoms with Gasteiger partial charge in [0.1, 0.15) is 0 Å². The number of likely N-dealkylation sites (tertiary alicyclic amines) is 1. The monoisotopic (exact) mass is 288 g/mol. The number of hydrogen-bond donors (Lipinski definition) is 2. The minimum atomic E-state index is 0.0560. The maximum absolute atomic E-state index is 11.5. The second-order valence-corrected chi connectivity index (χ2v) is 6.07. The Hall–Kier alpha value is -1.75. The molecule has 2 aliphatic rings. The van der Waals surface area contributed by atoms with E-state index in [1.807, 2.05) is 12.1 Å². The second kappa shape index (κ2) is 5.56. The van der Waals surface area contributed by atoms with Gasteiger partial charge in [0.15, 0.2) is 0 Å². The van der Waals surface area contributed by atoms with Gasteiger partial charge in [-0.3, -0.25) is 4.79 Å². The summed E-state index contributed by atoms with van der Waals surface area (Å²) in [6.07, 6.45) is 2.76. The maximum atomic E-state index is 11.5. The molecule has 2 heterocycles. The van der Waals surface area contributed by atoms with Gasteiger partial charge in [-0.25, -0.2) is 0 Å². The Balaban J connectivity index is 1.78. The highest BCUT2D eigenvalue weighted by molar-refractivity contribution is 6.00. The van der Waals surface area contributed by atoms with Crippen molar-refractivity contribution in [1.29, 1.82) is 0 Å². The highest BCUT2D eigenvalue weighted by Gasteiger charge is 2.25. The highest BCUT2D eigenvalue weighted by Crippen LogP contribution is 2.35. The molecule has 2 aliphatic heterocycles. The van der Waals surface area contributed by atoms with Gasteiger partial charge in [-0.2, -0.15) is 0 Å². The number of hydrogen-bond acceptors (Lipinski definition) is 4. The molecule has 0 bridgehead atoms. The van der Waals surface area contributed by atoms with E-state index in [1.165, 1.54) is 0 Å². The predicted octanol–water partition coefficient (Wildman–Crippen LogP) is 1.68. The Morgan fingerprint density at radius 2 is 2.10 bits per heavy atom. The van der Waals surface area contributed by atoms with Crippen LogP contribution in [0.15, 0.2) is 12.1 Å². The van der Waals surface area contributed by atoms with Gasteiger partial charge in [0, 0.05) is 31.9 Å². The molecule has 0 saturated carbocycles. The van der Waals surface area contributed by atoms with Crippen molar-refractivity contribution in [1.82, 2.24) is 4.90 Å². The van der Waals surface area contributed by atoms with Crippen LogP contribution in [0.25, 0.3) is 0 Å². The summed E-state index contributed by atoms with van der Waals surface area (Å²) in [5.41, 5.74) is 9.94. The molecule has 1 amide bonds. The van der Waals surface area contributed by atoms with Crippen LogP contribution >= 0.6 is 0 Å². The van der Waals surface area contributed by atoms with Crippen molar-refractivity contribution in [2.75, 3.05) is 42.6 Å². The molecule has 5 heteroatoms. The number of benzene rings is 1. The summed E-state index contributed by atoms with van der Waals surface area (Å²) < 4.78 is 0. The minimum Gasteiger partial charge on any atom is -0.397 e. The number of amides is 1. The number of anilines is 3. The van der Waals surface area contributed by atoms with Crippen LogP contribution in [-0.2, 0) is 11.2 Å². The number of carbonyl (C=O) groups excluding carboxylic acids is 1. The number of carbonyl (C=O) groups is 1. The van der Waals surface area contributed by atoms with Gasteiger partial charge in [0.2, 0.25) is 5.91 Å². The molecule has 0 spiro atoms. The van der Waals surface area contributed by atoms with E-state index in [9.17, 15) is 4.79 Å². The molecule has 0 aromatic heterocycles. The second-order valence-electron chi connectivity index (χ2n) is 6.07. The molecule has 1 fully saturated rings. The summed E-state index contributed by atoms with van der Waals surface area (Å²) in [5, 5.41) is 2.91. The first kappa shape index (κ1) is 14.2. The molecule has 114 valence electrons. The predicted molar refractivity (Wildman–Crippen MR) is 86.7 cm³/mol. The van der Waals surface area contributed by atoms with Crippen LogP contribution in [0.1, 0.15) is 25.3 Å². The van der Waals surface area contributed by atoms with Crippen LogP contribution in [0.5, 0.6) is 0 Å². The van der Waals surface area contributed by atoms with Crippen LogP contribution < -0.4 is 16.0 Å². The number of piperidine rings is 1. The fraction of sp³-hybridized carbons (Fsp3) is 0.562. The molecule has 0 atom stereocenters. The Kier molecular flexibility index (Phi) is 3.76. The van der Waals surface area contributed by atoms with Crippen LogP contribution in [0.4, 0.5) is 17.1 Å². The van der Waals surface area contributed by atoms with E-state index >= 15 is 0 Å². The van der Waals surface area contributed by atoms with Crippen LogP contribution in [0.2, 0.25) is 0 Å². The maximum Gasteiger partial charge on any atom is 0.228 e. The Labute approximate surface area is 126 Å². The number of nitrogens with one attached hydrogen (secondary N) is 1. The Bertz CT molecular complexity index is 549. The number of nitrogens with two attached hydrogens (primary N) is 1. The molecule has 1 saturated heterocycles. The SMILES string of the molecule is CCN1CCC(N(C)c2cc3c(cc2N)CC(=O)N3)CC1. The smallest absolute Gasteiger partial charge is 0.228 e. The third kappa shape index (κ3) is 2.70. The fourth-order valence-electron chi connectivity index (χ4n) is 3.41. The summed E-state index contributed by atoms with van der Waals surface area (Å²) in [6, 6.07) is 4.49. The van der Waals surface area contributed by atoms with Gasteiger partial charge in [-0.1, -0.05) is 6.92 Å². The van der Waals surface area contributed by atoms with Crippen LogP contribution in [0, 0.1) is 0 Å². The van der Waals surface area contributed by atoms with Gasteiger partial charge in [0.05, 0.1) is 17.8 Å². The zero-order chi connectivity index (χ0) is 15.0. The standard InChI is InChI=1S/C16H24N4O/c1-3-20-6-4-12(5-7-20)19(2)15-10-14-11(8-13(15)17)9-16(21)18-14/h8,10,12H,3-7,9,17H2,1-2H3,(H,18,21). The third-order valence-electron chi connectivity index (χ3n) is 4.81. The lowest BCUT2D eigenvalue weighted by atomic mass is 10.0. The number of rotatable bonds is 3. The normalized spacial score (nSPS) is 19.4. The van der Waals surface area contributed by atoms with Gasteiger partial charge in [-0.05, 0) is 37.1 Å². The van der Waals surface area contributed by atoms with Gasteiger partial charge in [0.25, 0.3) is 0 Å². The zero-order valence-electron chi connectivity index (χ0n) is 12.9. The average Bonchev–Trinajstić information content (AvgIpc) is 2.85. The molecule has 0 aliphatic carbocycles. The van der Waals surface area contributed by atoms with E-state index < -0.39 is 0 Å². The van der Waals surface area contributed by atoms with Crippen LogP contribution in [0.3, 0.4) is 0 Å². The van der Waals surface area contributed by atoms with Crippen molar-refractivity contribution < 1.29 is 4.79 Å². The minimum absolute atomic E-state index is 0.0560. The van der Waals surface area contributed by atoms with Gasteiger partial charge >= 0.3 is 0 Å². The summed E-state index contributed by atoms with van der Waals surface area (Å²) in [4.78, 5) is 16.3. The third-order valence-corrected chi connectivity index (χ3v) is 4.81. The number of fused-ring (bicyclic) bond motifs is 1. The average molecular weight is 288 g/mol. The van der Waals surface area contributed by atoms with E-state index in [0.717, 1.165) is 55.1 Å². The summed E-state index contributed by atoms with van der Waals surface area (Å²) in [5.74, 6) is 0.0560. The molecular formula is C16H24N4O. The number of nitrogen functional groups attached to an aromatic ring is 1. The van der Waals surface area contributed by atoms with Crippen molar-refractivity contribution in [3.8, 4) is 0 Å². The first-order valence-corrected chi connectivity index (χ1v) is 7.76. The largest absolute Gasteiger partial charge is 0.397 e. The summed E-state index contributed by atoms with van der Waals surface area (Å²) in [7, 11) is 2.11. The van der Waals surface area contributed by atoms with E-state index in [4.69, 9.17) is 5.73 Å².